The average Bonchev–Trinajstić information content (AvgIpc) is 3.11. The Morgan fingerprint density at radius 3 is 2.61 bits per heavy atom. The van der Waals surface area contributed by atoms with Crippen molar-refractivity contribution in [1.82, 2.24) is 24.6 Å². The van der Waals surface area contributed by atoms with E-state index in [1.54, 1.807) is 0 Å². The molecule has 0 spiro atoms. The van der Waals surface area contributed by atoms with Crippen molar-refractivity contribution in [1.29, 1.82) is 0 Å². The van der Waals surface area contributed by atoms with Crippen LogP contribution in [0, 0.1) is 0 Å². The molecule has 3 heterocycles. The maximum atomic E-state index is 12.6. The van der Waals surface area contributed by atoms with Crippen LogP contribution in [-0.2, 0) is 4.79 Å². The number of carbonyl (C=O) groups excluding carboxylic acids is 1. The summed E-state index contributed by atoms with van der Waals surface area (Å²) in [6.45, 7) is 9.74. The minimum absolute atomic E-state index is 0.274. The molecular formula is C26H36N6O. The van der Waals surface area contributed by atoms with Crippen LogP contribution < -0.4 is 4.90 Å². The number of unbranched alkanes of at least 4 members (excludes halogenated alkanes) is 1. The zero-order valence-corrected chi connectivity index (χ0v) is 20.2. The van der Waals surface area contributed by atoms with E-state index in [1.165, 1.54) is 0 Å². The molecule has 0 bridgehead atoms. The summed E-state index contributed by atoms with van der Waals surface area (Å²) in [7, 11) is 0. The van der Waals surface area contributed by atoms with Crippen LogP contribution in [-0.4, -0.2) is 56.7 Å². The number of carbonyl (C=O) groups is 1. The van der Waals surface area contributed by atoms with Crippen molar-refractivity contribution in [3.63, 3.8) is 0 Å². The van der Waals surface area contributed by atoms with Gasteiger partial charge in [-0.3, -0.25) is 4.79 Å². The highest BCUT2D eigenvalue weighted by Crippen LogP contribution is 2.29. The van der Waals surface area contributed by atoms with Crippen LogP contribution in [0.5, 0.6) is 0 Å². The van der Waals surface area contributed by atoms with E-state index in [0.29, 0.717) is 6.42 Å². The van der Waals surface area contributed by atoms with Gasteiger partial charge in [0.15, 0.2) is 5.65 Å². The Balaban J connectivity index is 1.69. The fourth-order valence-corrected chi connectivity index (χ4v) is 4.56. The first-order chi connectivity index (χ1) is 16.1. The Morgan fingerprint density at radius 2 is 1.85 bits per heavy atom. The molecule has 0 aliphatic carbocycles. The molecule has 1 amide bonds. The molecule has 2 aromatic heterocycles. The second-order valence-corrected chi connectivity index (χ2v) is 9.05. The Hall–Kier alpha value is -2.96. The second-order valence-electron chi connectivity index (χ2n) is 9.05. The first-order valence-electron chi connectivity index (χ1n) is 12.5. The number of hydrogen-bond donors (Lipinski definition) is 0. The lowest BCUT2D eigenvalue weighted by Crippen LogP contribution is -2.35. The molecule has 0 N–H and O–H groups in total. The molecule has 176 valence electrons. The van der Waals surface area contributed by atoms with Gasteiger partial charge >= 0.3 is 0 Å². The summed E-state index contributed by atoms with van der Waals surface area (Å²) in [5, 5.41) is 5.66. The minimum Gasteiger partial charge on any atom is -0.354 e. The third-order valence-electron chi connectivity index (χ3n) is 6.48. The van der Waals surface area contributed by atoms with Crippen molar-refractivity contribution < 1.29 is 4.79 Å². The van der Waals surface area contributed by atoms with Crippen molar-refractivity contribution in [2.75, 3.05) is 31.1 Å². The lowest BCUT2D eigenvalue weighted by atomic mass is 10.1. The van der Waals surface area contributed by atoms with Gasteiger partial charge in [0.1, 0.15) is 11.6 Å². The lowest BCUT2D eigenvalue weighted by Gasteiger charge is -2.24. The molecule has 0 unspecified atom stereocenters. The van der Waals surface area contributed by atoms with Gasteiger partial charge in [-0.1, -0.05) is 51.8 Å². The largest absolute Gasteiger partial charge is 0.354 e. The number of nitrogens with zero attached hydrogens (tertiary/aromatic N) is 6. The zero-order valence-electron chi connectivity index (χ0n) is 20.2. The third kappa shape index (κ3) is 5.18. The molecule has 0 radical (unpaired) electrons. The van der Waals surface area contributed by atoms with Gasteiger partial charge in [0.25, 0.3) is 0 Å². The van der Waals surface area contributed by atoms with E-state index in [9.17, 15) is 4.79 Å². The van der Waals surface area contributed by atoms with Crippen LogP contribution in [0.4, 0.5) is 5.82 Å². The first kappa shape index (κ1) is 23.2. The predicted molar refractivity (Wildman–Crippen MR) is 133 cm³/mol. The summed E-state index contributed by atoms with van der Waals surface area (Å²) in [4.78, 5) is 27.0. The molecule has 1 aromatic carbocycles. The van der Waals surface area contributed by atoms with Gasteiger partial charge in [-0.15, -0.1) is 0 Å². The van der Waals surface area contributed by atoms with Gasteiger partial charge in [-0.25, -0.2) is 14.6 Å². The summed E-state index contributed by atoms with van der Waals surface area (Å²) >= 11 is 0. The predicted octanol–water partition coefficient (Wildman–Crippen LogP) is 4.95. The fraction of sp³-hybridized carbons (Fsp3) is 0.538. The standard InChI is InChI=1S/C26H36N6O/c1-4-6-14-23(33)30-15-10-16-31(18-17-30)25-22-19-27-32(21-12-8-7-9-13-21)26(22)29-24(28-25)20(3)11-5-2/h7-9,12-13,19-20H,4-6,10-11,14-18H2,1-3H3/t20-/m1/s1. The molecule has 7 nitrogen and oxygen atoms in total. The molecule has 1 aliphatic rings. The number of anilines is 1. The highest BCUT2D eigenvalue weighted by Gasteiger charge is 2.24. The second kappa shape index (κ2) is 10.8. The summed E-state index contributed by atoms with van der Waals surface area (Å²) in [6.07, 6.45) is 7.63. The van der Waals surface area contributed by atoms with Crippen molar-refractivity contribution in [2.45, 2.75) is 65.2 Å². The van der Waals surface area contributed by atoms with E-state index >= 15 is 0 Å². The summed E-state index contributed by atoms with van der Waals surface area (Å²) in [6, 6.07) is 10.1. The number of rotatable bonds is 8. The van der Waals surface area contributed by atoms with E-state index in [-0.39, 0.29) is 11.8 Å². The molecule has 4 rings (SSSR count). The van der Waals surface area contributed by atoms with Crippen LogP contribution in [0.3, 0.4) is 0 Å². The van der Waals surface area contributed by atoms with Gasteiger partial charge in [0, 0.05) is 38.5 Å². The van der Waals surface area contributed by atoms with E-state index < -0.39 is 0 Å². The van der Waals surface area contributed by atoms with E-state index in [2.05, 4.69) is 37.8 Å². The summed E-state index contributed by atoms with van der Waals surface area (Å²) in [5.74, 6) is 2.37. The minimum atomic E-state index is 0.274. The SMILES string of the molecule is CCCCC(=O)N1CCCN(c2nc([C@H](C)CCC)nc3c2cnn3-c2ccccc2)CC1. The van der Waals surface area contributed by atoms with Crippen molar-refractivity contribution in [3.05, 3.63) is 42.4 Å². The number of aromatic nitrogens is 4. The van der Waals surface area contributed by atoms with Crippen LogP contribution in [0.15, 0.2) is 36.5 Å². The first-order valence-corrected chi connectivity index (χ1v) is 12.5. The smallest absolute Gasteiger partial charge is 0.222 e. The van der Waals surface area contributed by atoms with Crippen molar-refractivity contribution in [3.8, 4) is 5.69 Å². The van der Waals surface area contributed by atoms with Crippen LogP contribution in [0.25, 0.3) is 16.7 Å². The Bertz CT molecular complexity index is 1060. The summed E-state index contributed by atoms with van der Waals surface area (Å²) in [5.41, 5.74) is 1.85. The van der Waals surface area contributed by atoms with Crippen LogP contribution >= 0.6 is 0 Å². The molecule has 1 aliphatic heterocycles. The Morgan fingerprint density at radius 1 is 1.03 bits per heavy atom. The van der Waals surface area contributed by atoms with Gasteiger partial charge in [-0.05, 0) is 31.4 Å². The van der Waals surface area contributed by atoms with E-state index in [1.807, 2.05) is 34.0 Å². The molecule has 1 atom stereocenters. The normalized spacial score (nSPS) is 15.6. The molecule has 1 fully saturated rings. The average molecular weight is 449 g/mol. The number of amides is 1. The topological polar surface area (TPSA) is 67.2 Å². The number of fused-ring (bicyclic) bond motifs is 1. The fourth-order valence-electron chi connectivity index (χ4n) is 4.56. The highest BCUT2D eigenvalue weighted by atomic mass is 16.2. The van der Waals surface area contributed by atoms with Crippen molar-refractivity contribution >= 4 is 22.8 Å². The molecule has 3 aromatic rings. The monoisotopic (exact) mass is 448 g/mol. The van der Waals surface area contributed by atoms with Gasteiger partial charge in [0.05, 0.1) is 17.3 Å². The lowest BCUT2D eigenvalue weighted by molar-refractivity contribution is -0.131. The van der Waals surface area contributed by atoms with E-state index in [4.69, 9.17) is 15.1 Å². The van der Waals surface area contributed by atoms with Gasteiger partial charge in [0.2, 0.25) is 5.91 Å². The molecule has 7 heteroatoms. The van der Waals surface area contributed by atoms with Crippen LogP contribution in [0.2, 0.25) is 0 Å². The number of benzene rings is 1. The van der Waals surface area contributed by atoms with E-state index in [0.717, 1.165) is 86.6 Å². The van der Waals surface area contributed by atoms with Gasteiger partial charge < -0.3 is 9.80 Å². The molecule has 33 heavy (non-hydrogen) atoms. The zero-order chi connectivity index (χ0) is 23.2. The number of para-hydroxylation sites is 1. The van der Waals surface area contributed by atoms with Crippen molar-refractivity contribution in [2.24, 2.45) is 0 Å². The maximum absolute atomic E-state index is 12.6. The Kier molecular flexibility index (Phi) is 7.57. The van der Waals surface area contributed by atoms with Gasteiger partial charge in [-0.2, -0.15) is 5.10 Å². The molecular weight excluding hydrogens is 412 g/mol. The van der Waals surface area contributed by atoms with Crippen LogP contribution in [0.1, 0.15) is 71.0 Å². The number of hydrogen-bond acceptors (Lipinski definition) is 5. The Labute approximate surface area is 196 Å². The summed E-state index contributed by atoms with van der Waals surface area (Å²) < 4.78 is 1.92. The molecule has 1 saturated heterocycles. The highest BCUT2D eigenvalue weighted by molar-refractivity contribution is 5.88. The third-order valence-corrected chi connectivity index (χ3v) is 6.48. The maximum Gasteiger partial charge on any atom is 0.222 e. The quantitative estimate of drug-likeness (QED) is 0.488. The molecule has 0 saturated carbocycles.